The lowest BCUT2D eigenvalue weighted by Crippen LogP contribution is -2.45. The number of piperazine rings is 1. The molecule has 17 heavy (non-hydrogen) atoms. The average molecular weight is 272 g/mol. The van der Waals surface area contributed by atoms with Gasteiger partial charge in [0.15, 0.2) is 0 Å². The molecule has 6 nitrogen and oxygen atoms in total. The number of likely N-dealkylation sites (N-methyl/N-ethyl adjacent to an activating group) is 1. The molecule has 0 atom stereocenters. The maximum Gasteiger partial charge on any atom is 0.234 e. The molecule has 1 saturated heterocycles. The van der Waals surface area contributed by atoms with Gasteiger partial charge in [-0.15, -0.1) is 10.2 Å². The van der Waals surface area contributed by atoms with Crippen molar-refractivity contribution in [3.8, 4) is 0 Å². The third-order valence-corrected chi connectivity index (χ3v) is 4.03. The lowest BCUT2D eigenvalue weighted by atomic mass is 10.3. The average Bonchev–Trinajstić information content (AvgIpc) is 2.71. The third-order valence-electron chi connectivity index (χ3n) is 2.81. The molecule has 0 aromatic carbocycles. The van der Waals surface area contributed by atoms with Crippen LogP contribution in [0.1, 0.15) is 0 Å². The first-order valence-electron chi connectivity index (χ1n) is 5.36. The Labute approximate surface area is 110 Å². The first-order chi connectivity index (χ1) is 8.13. The summed E-state index contributed by atoms with van der Waals surface area (Å²) in [5.41, 5.74) is 5.80. The van der Waals surface area contributed by atoms with Crippen molar-refractivity contribution in [3.05, 3.63) is 0 Å². The molecule has 0 radical (unpaired) electrons. The molecule has 2 rings (SSSR count). The largest absolute Gasteiger partial charge is 0.367 e. The molecular weight excluding hydrogens is 256 g/mol. The van der Waals surface area contributed by atoms with Crippen molar-refractivity contribution >= 4 is 40.2 Å². The van der Waals surface area contributed by atoms with Crippen molar-refractivity contribution in [1.29, 1.82) is 0 Å². The molecule has 0 unspecified atom stereocenters. The molecule has 0 aliphatic carbocycles. The number of hydrogen-bond acceptors (Lipinski definition) is 7. The second-order valence-electron chi connectivity index (χ2n) is 3.95. The van der Waals surface area contributed by atoms with Crippen LogP contribution < -0.4 is 10.6 Å². The number of thiocarbonyl (C=S) groups is 1. The Kier molecular flexibility index (Phi) is 3.85. The van der Waals surface area contributed by atoms with Crippen LogP contribution >= 0.6 is 24.0 Å². The number of nitrogens with zero attached hydrogens (tertiary/aromatic N) is 5. The SMILES string of the molecule is CSC(=S)n1c(N)nnc1N1CCN(C)CC1. The highest BCUT2D eigenvalue weighted by Gasteiger charge is 2.22. The summed E-state index contributed by atoms with van der Waals surface area (Å²) >= 11 is 6.74. The van der Waals surface area contributed by atoms with Crippen LogP contribution in [0, 0.1) is 0 Å². The Bertz CT molecular complexity index is 410. The van der Waals surface area contributed by atoms with Crippen molar-refractivity contribution in [3.63, 3.8) is 0 Å². The highest BCUT2D eigenvalue weighted by atomic mass is 32.2. The van der Waals surface area contributed by atoms with Crippen LogP contribution in [0.25, 0.3) is 0 Å². The van der Waals surface area contributed by atoms with Crippen molar-refractivity contribution < 1.29 is 0 Å². The molecule has 2 heterocycles. The Hall–Kier alpha value is -0.860. The van der Waals surface area contributed by atoms with Crippen molar-refractivity contribution in [1.82, 2.24) is 19.7 Å². The first kappa shape index (κ1) is 12.6. The molecule has 94 valence electrons. The number of nitrogens with two attached hydrogens (primary N) is 1. The van der Waals surface area contributed by atoms with Crippen LogP contribution in [0.5, 0.6) is 0 Å². The van der Waals surface area contributed by atoms with Crippen molar-refractivity contribution in [2.45, 2.75) is 0 Å². The van der Waals surface area contributed by atoms with E-state index in [4.69, 9.17) is 18.0 Å². The smallest absolute Gasteiger partial charge is 0.234 e. The predicted octanol–water partition coefficient (Wildman–Crippen LogP) is 0.108. The minimum absolute atomic E-state index is 0.360. The van der Waals surface area contributed by atoms with E-state index in [1.807, 2.05) is 6.26 Å². The van der Waals surface area contributed by atoms with Crippen LogP contribution in [0.15, 0.2) is 0 Å². The first-order valence-corrected chi connectivity index (χ1v) is 6.99. The van der Waals surface area contributed by atoms with E-state index in [1.54, 1.807) is 4.57 Å². The van der Waals surface area contributed by atoms with E-state index in [0.717, 1.165) is 32.1 Å². The molecule has 0 bridgehead atoms. The Morgan fingerprint density at radius 1 is 1.29 bits per heavy atom. The summed E-state index contributed by atoms with van der Waals surface area (Å²) in [6.45, 7) is 3.87. The summed E-state index contributed by atoms with van der Waals surface area (Å²) < 4.78 is 2.42. The summed E-state index contributed by atoms with van der Waals surface area (Å²) in [7, 11) is 2.11. The van der Waals surface area contributed by atoms with Crippen LogP contribution in [0.4, 0.5) is 11.9 Å². The van der Waals surface area contributed by atoms with Gasteiger partial charge in [0, 0.05) is 26.2 Å². The highest BCUT2D eigenvalue weighted by molar-refractivity contribution is 8.22. The molecule has 0 spiro atoms. The summed E-state index contributed by atoms with van der Waals surface area (Å²) in [6, 6.07) is 0. The highest BCUT2D eigenvalue weighted by Crippen LogP contribution is 2.19. The molecule has 1 aliphatic heterocycles. The van der Waals surface area contributed by atoms with Gasteiger partial charge in [-0.3, -0.25) is 0 Å². The molecule has 1 aliphatic rings. The Morgan fingerprint density at radius 2 is 1.94 bits per heavy atom. The van der Waals surface area contributed by atoms with E-state index in [-0.39, 0.29) is 0 Å². The van der Waals surface area contributed by atoms with Gasteiger partial charge >= 0.3 is 0 Å². The minimum Gasteiger partial charge on any atom is -0.367 e. The van der Waals surface area contributed by atoms with Crippen molar-refractivity contribution in [2.75, 3.05) is 50.1 Å². The summed E-state index contributed by atoms with van der Waals surface area (Å²) in [5, 5.41) is 8.04. The van der Waals surface area contributed by atoms with E-state index >= 15 is 0 Å². The molecule has 1 fully saturated rings. The molecule has 0 saturated carbocycles. The summed E-state index contributed by atoms with van der Waals surface area (Å²) in [6.07, 6.45) is 1.93. The second-order valence-corrected chi connectivity index (χ2v) is 5.39. The van der Waals surface area contributed by atoms with Crippen LogP contribution in [-0.2, 0) is 0 Å². The lowest BCUT2D eigenvalue weighted by molar-refractivity contribution is 0.311. The standard InChI is InChI=1S/C9H16N6S2/c1-13-3-5-14(6-4-13)8-12-11-7(10)15(8)9(16)17-2/h3-6H2,1-2H3,(H2,10,11). The molecule has 2 N–H and O–H groups in total. The van der Waals surface area contributed by atoms with Gasteiger partial charge in [-0.05, 0) is 13.3 Å². The number of hydrogen-bond donors (Lipinski definition) is 1. The van der Waals surface area contributed by atoms with E-state index in [1.165, 1.54) is 11.8 Å². The fourth-order valence-corrected chi connectivity index (χ4v) is 2.30. The zero-order chi connectivity index (χ0) is 12.4. The van der Waals surface area contributed by atoms with Crippen molar-refractivity contribution in [2.24, 2.45) is 0 Å². The molecule has 1 aromatic heterocycles. The molecule has 1 aromatic rings. The minimum atomic E-state index is 0.360. The molecule has 8 heteroatoms. The number of rotatable bonds is 1. The van der Waals surface area contributed by atoms with Gasteiger partial charge in [0.05, 0.1) is 0 Å². The lowest BCUT2D eigenvalue weighted by Gasteiger charge is -2.32. The van der Waals surface area contributed by atoms with Gasteiger partial charge in [-0.25, -0.2) is 4.57 Å². The normalized spacial score (nSPS) is 17.4. The number of thioether (sulfide) groups is 1. The predicted molar refractivity (Wildman–Crippen MR) is 75.7 cm³/mol. The maximum atomic E-state index is 5.80. The van der Waals surface area contributed by atoms with Crippen LogP contribution in [-0.4, -0.2) is 63.5 Å². The topological polar surface area (TPSA) is 63.2 Å². The van der Waals surface area contributed by atoms with Gasteiger partial charge in [0.1, 0.15) is 4.32 Å². The zero-order valence-corrected chi connectivity index (χ0v) is 11.6. The van der Waals surface area contributed by atoms with Gasteiger partial charge in [0.2, 0.25) is 11.9 Å². The monoisotopic (exact) mass is 272 g/mol. The number of nitrogen functional groups attached to an aromatic ring is 1. The van der Waals surface area contributed by atoms with Crippen LogP contribution in [0.2, 0.25) is 0 Å². The second kappa shape index (κ2) is 5.19. The van der Waals surface area contributed by atoms with Gasteiger partial charge in [-0.2, -0.15) is 0 Å². The fourth-order valence-electron chi connectivity index (χ4n) is 1.77. The van der Waals surface area contributed by atoms with Gasteiger partial charge in [0.25, 0.3) is 0 Å². The summed E-state index contributed by atoms with van der Waals surface area (Å²) in [4.78, 5) is 4.46. The van der Waals surface area contributed by atoms with E-state index < -0.39 is 0 Å². The third kappa shape index (κ3) is 2.53. The maximum absolute atomic E-state index is 5.80. The zero-order valence-electron chi connectivity index (χ0n) is 9.96. The Balaban J connectivity index is 2.23. The molecule has 0 amide bonds. The fraction of sp³-hybridized carbons (Fsp3) is 0.667. The van der Waals surface area contributed by atoms with E-state index in [9.17, 15) is 0 Å². The van der Waals surface area contributed by atoms with Gasteiger partial charge in [-0.1, -0.05) is 24.0 Å². The van der Waals surface area contributed by atoms with Gasteiger partial charge < -0.3 is 15.5 Å². The van der Waals surface area contributed by atoms with E-state index in [2.05, 4.69) is 27.0 Å². The van der Waals surface area contributed by atoms with Crippen LogP contribution in [0.3, 0.4) is 0 Å². The quantitative estimate of drug-likeness (QED) is 0.728. The molecular formula is C9H16N6S2. The number of aromatic nitrogens is 3. The van der Waals surface area contributed by atoms with E-state index in [0.29, 0.717) is 10.3 Å². The number of anilines is 2. The Morgan fingerprint density at radius 3 is 2.53 bits per heavy atom. The summed E-state index contributed by atoms with van der Waals surface area (Å²) in [5.74, 6) is 1.12.